The molecule has 9 nitrogen and oxygen atoms in total. The van der Waals surface area contributed by atoms with Crippen LogP contribution in [-0.2, 0) is 9.53 Å². The van der Waals surface area contributed by atoms with Crippen molar-refractivity contribution in [2.24, 2.45) is 5.92 Å². The molecule has 3 aliphatic rings. The number of carbonyl (C=O) groups is 1. The fraction of sp³-hybridized carbons (Fsp3) is 0.524. The Bertz CT molecular complexity index is 1110. The van der Waals surface area contributed by atoms with E-state index in [0.717, 1.165) is 35.1 Å². The van der Waals surface area contributed by atoms with Crippen molar-refractivity contribution in [1.82, 2.24) is 29.6 Å². The van der Waals surface area contributed by atoms with Crippen LogP contribution in [0, 0.1) is 5.92 Å². The lowest BCUT2D eigenvalue weighted by molar-refractivity contribution is -0.119. The summed E-state index contributed by atoms with van der Waals surface area (Å²) in [6.07, 6.45) is 8.39. The fourth-order valence-corrected chi connectivity index (χ4v) is 4.16. The van der Waals surface area contributed by atoms with E-state index in [2.05, 4.69) is 20.0 Å². The first kappa shape index (κ1) is 17.9. The first-order valence-corrected chi connectivity index (χ1v) is 10.6. The van der Waals surface area contributed by atoms with E-state index in [1.165, 1.54) is 0 Å². The van der Waals surface area contributed by atoms with E-state index in [0.29, 0.717) is 44.1 Å². The van der Waals surface area contributed by atoms with Crippen molar-refractivity contribution in [2.45, 2.75) is 44.4 Å². The third kappa shape index (κ3) is 3.04. The van der Waals surface area contributed by atoms with Crippen LogP contribution in [0.5, 0.6) is 5.88 Å². The number of nitrogens with one attached hydrogen (secondary N) is 1. The van der Waals surface area contributed by atoms with Gasteiger partial charge in [-0.1, -0.05) is 0 Å². The molecule has 6 rings (SSSR count). The molecule has 3 aromatic heterocycles. The summed E-state index contributed by atoms with van der Waals surface area (Å²) in [4.78, 5) is 21.2. The number of hydrogen-bond acceptors (Lipinski definition) is 6. The average Bonchev–Trinajstić information content (AvgIpc) is 3.08. The average molecular weight is 408 g/mol. The van der Waals surface area contributed by atoms with Crippen LogP contribution in [0.1, 0.15) is 38.3 Å². The minimum atomic E-state index is -0.132. The lowest BCUT2D eigenvalue weighted by Gasteiger charge is -2.25. The van der Waals surface area contributed by atoms with Gasteiger partial charge in [-0.15, -0.1) is 0 Å². The van der Waals surface area contributed by atoms with Crippen LogP contribution in [-0.4, -0.2) is 56.1 Å². The molecule has 2 saturated heterocycles. The first-order chi connectivity index (χ1) is 14.7. The molecule has 0 spiro atoms. The van der Waals surface area contributed by atoms with Crippen molar-refractivity contribution in [2.75, 3.05) is 19.8 Å². The molecule has 30 heavy (non-hydrogen) atoms. The normalized spacial score (nSPS) is 22.8. The molecule has 1 saturated carbocycles. The maximum atomic E-state index is 11.6. The van der Waals surface area contributed by atoms with Gasteiger partial charge < -0.3 is 19.4 Å². The molecule has 1 aliphatic carbocycles. The van der Waals surface area contributed by atoms with Crippen LogP contribution >= 0.6 is 0 Å². The number of amides is 1. The van der Waals surface area contributed by atoms with Gasteiger partial charge in [0.25, 0.3) is 0 Å². The standard InChI is InChI=1S/C21H24N6O3/c1-12(13-4-19(28)22-6-13)30-21-20-18(23-11-26(20)15-2-3-15)5-17(25-21)14-7-24-27(8-14)16-9-29-10-16/h5,7-8,11-13,15-16H,2-4,6,9-10H2,1H3,(H,22,28)/t12-,13?/m1/s1. The van der Waals surface area contributed by atoms with Crippen molar-refractivity contribution in [3.63, 3.8) is 0 Å². The van der Waals surface area contributed by atoms with Crippen molar-refractivity contribution >= 4 is 16.9 Å². The highest BCUT2D eigenvalue weighted by Gasteiger charge is 2.31. The Balaban J connectivity index is 1.38. The van der Waals surface area contributed by atoms with Crippen molar-refractivity contribution in [3.05, 3.63) is 24.8 Å². The Labute approximate surface area is 173 Å². The van der Waals surface area contributed by atoms with Gasteiger partial charge in [-0.25, -0.2) is 9.97 Å². The van der Waals surface area contributed by atoms with E-state index < -0.39 is 0 Å². The van der Waals surface area contributed by atoms with Gasteiger partial charge in [-0.2, -0.15) is 5.10 Å². The highest BCUT2D eigenvalue weighted by molar-refractivity contribution is 5.84. The third-order valence-electron chi connectivity index (χ3n) is 6.32. The number of rotatable bonds is 6. The number of hydrogen-bond donors (Lipinski definition) is 1. The Morgan fingerprint density at radius 1 is 1.30 bits per heavy atom. The predicted octanol–water partition coefficient (Wildman–Crippen LogP) is 2.10. The highest BCUT2D eigenvalue weighted by Crippen LogP contribution is 2.40. The summed E-state index contributed by atoms with van der Waals surface area (Å²) in [6, 6.07) is 2.77. The molecule has 0 aromatic carbocycles. The lowest BCUT2D eigenvalue weighted by atomic mass is 10.0. The van der Waals surface area contributed by atoms with E-state index in [4.69, 9.17) is 14.5 Å². The van der Waals surface area contributed by atoms with Gasteiger partial charge >= 0.3 is 0 Å². The Morgan fingerprint density at radius 2 is 2.17 bits per heavy atom. The van der Waals surface area contributed by atoms with E-state index in [9.17, 15) is 4.79 Å². The number of aromatic nitrogens is 5. The van der Waals surface area contributed by atoms with E-state index in [1.54, 1.807) is 0 Å². The SMILES string of the molecule is C[C@@H](Oc1nc(-c2cnn(C3COC3)c2)cc2ncn(C3CC3)c12)C1CNC(=O)C1. The summed E-state index contributed by atoms with van der Waals surface area (Å²) < 4.78 is 15.8. The maximum Gasteiger partial charge on any atom is 0.241 e. The maximum absolute atomic E-state index is 11.6. The van der Waals surface area contributed by atoms with Crippen LogP contribution in [0.25, 0.3) is 22.3 Å². The molecular formula is C21H24N6O3. The molecule has 0 radical (unpaired) electrons. The van der Waals surface area contributed by atoms with Gasteiger partial charge in [0.1, 0.15) is 11.6 Å². The van der Waals surface area contributed by atoms with Crippen molar-refractivity contribution in [1.29, 1.82) is 0 Å². The predicted molar refractivity (Wildman–Crippen MR) is 108 cm³/mol. The minimum absolute atomic E-state index is 0.0812. The van der Waals surface area contributed by atoms with E-state index in [-0.39, 0.29) is 17.9 Å². The minimum Gasteiger partial charge on any atom is -0.473 e. The van der Waals surface area contributed by atoms with Crippen LogP contribution < -0.4 is 10.1 Å². The third-order valence-corrected chi connectivity index (χ3v) is 6.32. The monoisotopic (exact) mass is 408 g/mol. The van der Waals surface area contributed by atoms with Gasteiger partial charge in [0.05, 0.1) is 43.0 Å². The molecule has 5 heterocycles. The number of ether oxygens (including phenoxy) is 2. The van der Waals surface area contributed by atoms with Gasteiger partial charge in [0, 0.05) is 36.7 Å². The molecule has 156 valence electrons. The molecule has 3 fully saturated rings. The fourth-order valence-electron chi connectivity index (χ4n) is 4.16. The second kappa shape index (κ2) is 6.80. The summed E-state index contributed by atoms with van der Waals surface area (Å²) in [5.41, 5.74) is 3.53. The Hall–Kier alpha value is -2.94. The zero-order valence-electron chi connectivity index (χ0n) is 16.8. The molecule has 9 heteroatoms. The van der Waals surface area contributed by atoms with Gasteiger partial charge in [0.2, 0.25) is 11.8 Å². The van der Waals surface area contributed by atoms with Gasteiger partial charge in [-0.3, -0.25) is 9.48 Å². The van der Waals surface area contributed by atoms with Crippen LogP contribution in [0.2, 0.25) is 0 Å². The Morgan fingerprint density at radius 3 is 2.87 bits per heavy atom. The zero-order chi connectivity index (χ0) is 20.2. The molecule has 3 aromatic rings. The summed E-state index contributed by atoms with van der Waals surface area (Å²) in [7, 11) is 0. The molecule has 2 aliphatic heterocycles. The van der Waals surface area contributed by atoms with Gasteiger partial charge in [0.15, 0.2) is 0 Å². The second-order valence-corrected chi connectivity index (χ2v) is 8.55. The summed E-state index contributed by atoms with van der Waals surface area (Å²) in [5, 5.41) is 7.38. The summed E-state index contributed by atoms with van der Waals surface area (Å²) >= 11 is 0. The Kier molecular flexibility index (Phi) is 4.05. The van der Waals surface area contributed by atoms with Crippen molar-refractivity contribution < 1.29 is 14.3 Å². The molecule has 2 atom stereocenters. The number of pyridine rings is 1. The number of carbonyl (C=O) groups excluding carboxylic acids is 1. The number of nitrogens with zero attached hydrogens (tertiary/aromatic N) is 5. The zero-order valence-corrected chi connectivity index (χ0v) is 16.8. The van der Waals surface area contributed by atoms with Crippen molar-refractivity contribution in [3.8, 4) is 17.1 Å². The lowest BCUT2D eigenvalue weighted by Crippen LogP contribution is -2.30. The largest absolute Gasteiger partial charge is 0.473 e. The topological polar surface area (TPSA) is 96.1 Å². The molecule has 1 N–H and O–H groups in total. The number of fused-ring (bicyclic) bond motifs is 1. The van der Waals surface area contributed by atoms with Crippen LogP contribution in [0.3, 0.4) is 0 Å². The van der Waals surface area contributed by atoms with E-state index in [1.807, 2.05) is 36.4 Å². The summed E-state index contributed by atoms with van der Waals surface area (Å²) in [6.45, 7) is 4.04. The second-order valence-electron chi connectivity index (χ2n) is 8.55. The first-order valence-electron chi connectivity index (χ1n) is 10.6. The van der Waals surface area contributed by atoms with Gasteiger partial charge in [-0.05, 0) is 25.8 Å². The van der Waals surface area contributed by atoms with Crippen LogP contribution in [0.15, 0.2) is 24.8 Å². The molecule has 0 bridgehead atoms. The van der Waals surface area contributed by atoms with Crippen LogP contribution in [0.4, 0.5) is 0 Å². The molecule has 1 unspecified atom stereocenters. The molecule has 1 amide bonds. The smallest absolute Gasteiger partial charge is 0.241 e. The molecular weight excluding hydrogens is 384 g/mol. The summed E-state index contributed by atoms with van der Waals surface area (Å²) in [5.74, 6) is 0.799. The number of imidazole rings is 1. The highest BCUT2D eigenvalue weighted by atomic mass is 16.5. The van der Waals surface area contributed by atoms with E-state index >= 15 is 0 Å². The quantitative estimate of drug-likeness (QED) is 0.671.